The van der Waals surface area contributed by atoms with E-state index < -0.39 is 35.1 Å². The fourth-order valence-corrected chi connectivity index (χ4v) is 5.66. The van der Waals surface area contributed by atoms with E-state index >= 15 is 0 Å². The Bertz CT molecular complexity index is 1000. The minimum absolute atomic E-state index is 0.0315. The lowest BCUT2D eigenvalue weighted by Gasteiger charge is -2.30. The summed E-state index contributed by atoms with van der Waals surface area (Å²) >= 11 is 0.332. The number of carbonyl (C=O) groups is 3. The number of nitriles is 1. The van der Waals surface area contributed by atoms with Gasteiger partial charge in [0.1, 0.15) is 17.8 Å². The van der Waals surface area contributed by atoms with Gasteiger partial charge in [0.15, 0.2) is 5.01 Å². The molecule has 32 heavy (non-hydrogen) atoms. The van der Waals surface area contributed by atoms with Crippen molar-refractivity contribution in [2.75, 3.05) is 13.1 Å². The summed E-state index contributed by atoms with van der Waals surface area (Å²) in [7, 11) is 0. The van der Waals surface area contributed by atoms with Crippen LogP contribution in [0.3, 0.4) is 0 Å². The van der Waals surface area contributed by atoms with E-state index in [1.807, 2.05) is 19.9 Å². The van der Waals surface area contributed by atoms with Crippen LogP contribution < -0.4 is 10.6 Å². The third kappa shape index (κ3) is 3.83. The van der Waals surface area contributed by atoms with Crippen molar-refractivity contribution >= 4 is 29.1 Å². The van der Waals surface area contributed by atoms with Crippen LogP contribution in [0.5, 0.6) is 0 Å². The van der Waals surface area contributed by atoms with Gasteiger partial charge in [-0.2, -0.15) is 18.4 Å². The topological polar surface area (TPSA) is 115 Å². The molecule has 172 valence electrons. The van der Waals surface area contributed by atoms with Crippen molar-refractivity contribution < 1.29 is 27.6 Å². The average molecular weight is 469 g/mol. The number of hydrogen-bond acceptors (Lipinski definition) is 6. The summed E-state index contributed by atoms with van der Waals surface area (Å²) in [5, 5.41) is 14.7. The van der Waals surface area contributed by atoms with E-state index in [4.69, 9.17) is 0 Å². The number of piperidine rings is 1. The second kappa shape index (κ2) is 7.72. The Morgan fingerprint density at radius 2 is 2.19 bits per heavy atom. The van der Waals surface area contributed by atoms with Gasteiger partial charge in [-0.25, -0.2) is 4.98 Å². The van der Waals surface area contributed by atoms with Crippen LogP contribution in [-0.2, 0) is 15.8 Å². The van der Waals surface area contributed by atoms with E-state index in [1.165, 1.54) is 4.90 Å². The number of nitrogens with one attached hydrogen (secondary N) is 2. The molecule has 1 aromatic heterocycles. The Morgan fingerprint density at radius 1 is 1.47 bits per heavy atom. The predicted molar refractivity (Wildman–Crippen MR) is 106 cm³/mol. The second-order valence-corrected chi connectivity index (χ2v) is 9.95. The minimum atomic E-state index is -4.65. The molecule has 0 aromatic carbocycles. The summed E-state index contributed by atoms with van der Waals surface area (Å²) in [6.07, 6.45) is -3.92. The van der Waals surface area contributed by atoms with Crippen molar-refractivity contribution in [3.05, 3.63) is 16.1 Å². The van der Waals surface area contributed by atoms with Crippen molar-refractivity contribution in [3.63, 3.8) is 0 Å². The molecule has 0 radical (unpaired) electrons. The zero-order valence-electron chi connectivity index (χ0n) is 17.4. The van der Waals surface area contributed by atoms with Gasteiger partial charge in [0.25, 0.3) is 5.91 Å². The smallest absolute Gasteiger partial charge is 0.356 e. The molecular formula is C20H22F3N5O3S. The number of halogens is 3. The first-order valence-electron chi connectivity index (χ1n) is 10.3. The van der Waals surface area contributed by atoms with Gasteiger partial charge < -0.3 is 15.5 Å². The number of thiazole rings is 1. The van der Waals surface area contributed by atoms with Gasteiger partial charge in [-0.15, -0.1) is 11.3 Å². The molecule has 1 aliphatic carbocycles. The summed E-state index contributed by atoms with van der Waals surface area (Å²) in [6.45, 7) is 4.70. The first-order valence-corrected chi connectivity index (χ1v) is 11.1. The first-order chi connectivity index (χ1) is 14.9. The monoisotopic (exact) mass is 469 g/mol. The van der Waals surface area contributed by atoms with Gasteiger partial charge in [-0.3, -0.25) is 14.4 Å². The molecule has 2 N–H and O–H groups in total. The van der Waals surface area contributed by atoms with Crippen molar-refractivity contribution in [3.8, 4) is 6.07 Å². The summed E-state index contributed by atoms with van der Waals surface area (Å²) in [6, 6.07) is 0.176. The lowest BCUT2D eigenvalue weighted by Crippen LogP contribution is -2.52. The Labute approximate surface area is 186 Å². The normalized spacial score (nSPS) is 29.1. The maximum absolute atomic E-state index is 13.2. The van der Waals surface area contributed by atoms with E-state index in [1.54, 1.807) is 0 Å². The van der Waals surface area contributed by atoms with E-state index in [0.29, 0.717) is 24.3 Å². The molecule has 0 spiro atoms. The number of alkyl halides is 3. The zero-order valence-corrected chi connectivity index (χ0v) is 18.2. The molecule has 12 heteroatoms. The van der Waals surface area contributed by atoms with Gasteiger partial charge >= 0.3 is 6.18 Å². The summed E-state index contributed by atoms with van der Waals surface area (Å²) in [5.41, 5.74) is -0.551. The fraction of sp³-hybridized carbons (Fsp3) is 0.650. The van der Waals surface area contributed by atoms with E-state index in [0.717, 1.165) is 5.38 Å². The number of rotatable bonds is 5. The van der Waals surface area contributed by atoms with Crippen LogP contribution >= 0.6 is 11.3 Å². The first kappa shape index (κ1) is 22.5. The number of nitrogens with zero attached hydrogens (tertiary/aromatic N) is 3. The average Bonchev–Trinajstić information content (AvgIpc) is 3.26. The summed E-state index contributed by atoms with van der Waals surface area (Å²) in [5.74, 6) is -1.94. The Hall–Kier alpha value is -2.68. The molecule has 3 heterocycles. The van der Waals surface area contributed by atoms with E-state index in [9.17, 15) is 32.8 Å². The molecular weight excluding hydrogens is 447 g/mol. The third-order valence-electron chi connectivity index (χ3n) is 6.86. The highest BCUT2D eigenvalue weighted by Gasteiger charge is 2.69. The molecule has 2 saturated heterocycles. The maximum Gasteiger partial charge on any atom is 0.443 e. The molecule has 0 bridgehead atoms. The molecule has 5 atom stereocenters. The molecule has 1 aromatic rings. The second-order valence-electron chi connectivity index (χ2n) is 9.09. The molecule has 3 fully saturated rings. The maximum atomic E-state index is 13.2. The van der Waals surface area contributed by atoms with Crippen molar-refractivity contribution in [1.29, 1.82) is 5.26 Å². The molecule has 4 rings (SSSR count). The van der Waals surface area contributed by atoms with Crippen LogP contribution in [0.1, 0.15) is 42.2 Å². The number of carbonyl (C=O) groups excluding carboxylic acids is 3. The predicted octanol–water partition coefficient (Wildman–Crippen LogP) is 1.79. The highest BCUT2D eigenvalue weighted by Crippen LogP contribution is 2.65. The van der Waals surface area contributed by atoms with Crippen LogP contribution in [0, 0.1) is 34.5 Å². The Morgan fingerprint density at radius 3 is 2.75 bits per heavy atom. The van der Waals surface area contributed by atoms with Gasteiger partial charge in [0.2, 0.25) is 11.8 Å². The van der Waals surface area contributed by atoms with Crippen molar-refractivity contribution in [2.45, 2.75) is 44.9 Å². The fourth-order valence-electron chi connectivity index (χ4n) is 5.00. The van der Waals surface area contributed by atoms with Gasteiger partial charge in [-0.05, 0) is 30.1 Å². The van der Waals surface area contributed by atoms with Gasteiger partial charge in [-0.1, -0.05) is 13.8 Å². The number of aromatic nitrogens is 1. The molecule has 1 saturated carbocycles. The largest absolute Gasteiger partial charge is 0.443 e. The van der Waals surface area contributed by atoms with Crippen LogP contribution in [0.4, 0.5) is 13.2 Å². The van der Waals surface area contributed by atoms with Crippen LogP contribution in [0.15, 0.2) is 5.38 Å². The molecule has 3 aliphatic rings. The molecule has 2 aliphatic heterocycles. The highest BCUT2D eigenvalue weighted by molar-refractivity contribution is 7.10. The number of likely N-dealkylation sites (tertiary alicyclic amines) is 1. The molecule has 3 unspecified atom stereocenters. The zero-order chi connectivity index (χ0) is 23.4. The molecule has 8 nitrogen and oxygen atoms in total. The van der Waals surface area contributed by atoms with Crippen LogP contribution in [0.2, 0.25) is 0 Å². The highest BCUT2D eigenvalue weighted by atomic mass is 32.1. The van der Waals surface area contributed by atoms with Crippen LogP contribution in [-0.4, -0.2) is 52.8 Å². The number of fused-ring (bicyclic) bond motifs is 1. The Kier molecular flexibility index (Phi) is 5.43. The third-order valence-corrected chi connectivity index (χ3v) is 7.75. The lowest BCUT2D eigenvalue weighted by molar-refractivity contribution is -0.137. The quantitative estimate of drug-likeness (QED) is 0.682. The Balaban J connectivity index is 1.51. The van der Waals surface area contributed by atoms with Crippen LogP contribution in [0.25, 0.3) is 0 Å². The standard InChI is InChI=1S/C20H22F3N5O3S/c1-19(2)11-7-28(17(31)12-8-32-18(27-12)20(21,22)23)14(13(11)19)16(30)26-10(6-24)5-9-3-4-25-15(9)29/h8-11,13-14H,3-5,7H2,1-2H3,(H,25,29)(H,26,30)/t9-,10-,11?,13?,14?/m0/s1. The SMILES string of the molecule is CC1(C)C2CN(C(=O)c3csc(C(F)(F)F)n3)C(C(=O)N[C@H](C#N)C[C@@H]3CCNC3=O)C21. The van der Waals surface area contributed by atoms with Gasteiger partial charge in [0, 0.05) is 24.4 Å². The number of amides is 3. The summed E-state index contributed by atoms with van der Waals surface area (Å²) in [4.78, 5) is 42.6. The van der Waals surface area contributed by atoms with Gasteiger partial charge in [0.05, 0.1) is 6.07 Å². The van der Waals surface area contributed by atoms with E-state index in [2.05, 4.69) is 15.6 Å². The van der Waals surface area contributed by atoms with Crippen molar-refractivity contribution in [2.24, 2.45) is 23.2 Å². The minimum Gasteiger partial charge on any atom is -0.356 e. The molecule has 3 amide bonds. The van der Waals surface area contributed by atoms with E-state index in [-0.39, 0.29) is 47.7 Å². The number of hydrogen-bond donors (Lipinski definition) is 2. The lowest BCUT2D eigenvalue weighted by atomic mass is 9.97. The summed E-state index contributed by atoms with van der Waals surface area (Å²) < 4.78 is 38.7. The van der Waals surface area contributed by atoms with Crippen molar-refractivity contribution in [1.82, 2.24) is 20.5 Å².